The van der Waals surface area contributed by atoms with Gasteiger partial charge < -0.3 is 9.47 Å². The van der Waals surface area contributed by atoms with Crippen LogP contribution in [0.25, 0.3) is 5.57 Å². The van der Waals surface area contributed by atoms with E-state index >= 15 is 0 Å². The molecule has 0 N–H and O–H groups in total. The van der Waals surface area contributed by atoms with Crippen molar-refractivity contribution in [2.45, 2.75) is 0 Å². The van der Waals surface area contributed by atoms with Crippen LogP contribution in [0.4, 0.5) is 0 Å². The Labute approximate surface area is 103 Å². The fourth-order valence-electron chi connectivity index (χ4n) is 1.53. The summed E-state index contributed by atoms with van der Waals surface area (Å²) in [5.74, 6) is -0.0214. The Bertz CT molecular complexity index is 460. The molecule has 1 heterocycles. The fraction of sp³-hybridized carbons (Fsp3) is 0.182. The third-order valence-corrected chi connectivity index (χ3v) is 2.91. The fourth-order valence-corrected chi connectivity index (χ4v) is 2.11. The molecule has 5 heteroatoms. The smallest absolute Gasteiger partial charge is 0.342 e. The summed E-state index contributed by atoms with van der Waals surface area (Å²) in [6.07, 6.45) is 0. The lowest BCUT2D eigenvalue weighted by Gasteiger charge is -2.06. The number of hydrogen-bond donors (Lipinski definition) is 0. The number of esters is 1. The van der Waals surface area contributed by atoms with Gasteiger partial charge in [-0.2, -0.15) is 0 Å². The lowest BCUT2D eigenvalue weighted by Crippen LogP contribution is -2.00. The Morgan fingerprint density at radius 1 is 1.31 bits per heavy atom. The van der Waals surface area contributed by atoms with E-state index < -0.39 is 5.97 Å². The highest BCUT2D eigenvalue weighted by molar-refractivity contribution is 6.40. The molecular weight excluding hydrogens is 251 g/mol. The molecule has 0 radical (unpaired) electrons. The van der Waals surface area contributed by atoms with Crippen molar-refractivity contribution in [2.75, 3.05) is 13.7 Å². The molecule has 0 saturated carbocycles. The molecule has 0 fully saturated rings. The number of hydrogen-bond acceptors (Lipinski definition) is 3. The van der Waals surface area contributed by atoms with E-state index in [0.717, 1.165) is 0 Å². The van der Waals surface area contributed by atoms with Crippen LogP contribution < -0.4 is 0 Å². The van der Waals surface area contributed by atoms with E-state index in [0.29, 0.717) is 26.9 Å². The van der Waals surface area contributed by atoms with Gasteiger partial charge in [0.1, 0.15) is 17.9 Å². The first-order valence-electron chi connectivity index (χ1n) is 4.53. The van der Waals surface area contributed by atoms with Gasteiger partial charge in [-0.15, -0.1) is 0 Å². The van der Waals surface area contributed by atoms with E-state index in [-0.39, 0.29) is 6.61 Å². The third-order valence-electron chi connectivity index (χ3n) is 2.28. The van der Waals surface area contributed by atoms with Crippen LogP contribution in [0.15, 0.2) is 24.0 Å². The highest BCUT2D eigenvalue weighted by atomic mass is 35.5. The molecule has 0 unspecified atom stereocenters. The van der Waals surface area contributed by atoms with E-state index in [1.807, 2.05) is 0 Å². The quantitative estimate of drug-likeness (QED) is 0.766. The number of carbonyl (C=O) groups is 1. The molecule has 0 bridgehead atoms. The molecule has 0 aliphatic carbocycles. The maximum absolute atomic E-state index is 11.6. The van der Waals surface area contributed by atoms with Gasteiger partial charge in [-0.3, -0.25) is 0 Å². The molecule has 0 atom stereocenters. The van der Waals surface area contributed by atoms with Gasteiger partial charge in [0.2, 0.25) is 0 Å². The SMILES string of the molecule is COC1=C(c2c(Cl)cccc2Cl)C(=O)OC1. The molecule has 0 amide bonds. The number of rotatable bonds is 2. The van der Waals surface area contributed by atoms with E-state index in [1.165, 1.54) is 7.11 Å². The topological polar surface area (TPSA) is 35.5 Å². The number of methoxy groups -OCH3 is 1. The summed E-state index contributed by atoms with van der Waals surface area (Å²) in [6.45, 7) is 0.117. The molecular formula is C11H8Cl2O3. The van der Waals surface area contributed by atoms with E-state index in [9.17, 15) is 4.79 Å². The predicted octanol–water partition coefficient (Wildman–Crippen LogP) is 2.91. The molecule has 0 saturated heterocycles. The van der Waals surface area contributed by atoms with Crippen LogP contribution in [0.3, 0.4) is 0 Å². The predicted molar refractivity (Wildman–Crippen MR) is 61.4 cm³/mol. The Balaban J connectivity index is 2.63. The molecule has 16 heavy (non-hydrogen) atoms. The first-order valence-corrected chi connectivity index (χ1v) is 5.29. The Morgan fingerprint density at radius 3 is 2.50 bits per heavy atom. The zero-order chi connectivity index (χ0) is 11.7. The van der Waals surface area contributed by atoms with Crippen molar-refractivity contribution in [2.24, 2.45) is 0 Å². The van der Waals surface area contributed by atoms with Gasteiger partial charge in [0.15, 0.2) is 0 Å². The van der Waals surface area contributed by atoms with Crippen molar-refractivity contribution in [1.29, 1.82) is 0 Å². The summed E-state index contributed by atoms with van der Waals surface area (Å²) < 4.78 is 9.95. The van der Waals surface area contributed by atoms with Crippen molar-refractivity contribution in [3.05, 3.63) is 39.6 Å². The van der Waals surface area contributed by atoms with Crippen LogP contribution in [0, 0.1) is 0 Å². The number of benzene rings is 1. The van der Waals surface area contributed by atoms with Crippen molar-refractivity contribution in [3.63, 3.8) is 0 Å². The number of ether oxygens (including phenoxy) is 2. The molecule has 1 aromatic carbocycles. The minimum Gasteiger partial charge on any atom is -0.497 e. The second-order valence-corrected chi connectivity index (χ2v) is 3.99. The monoisotopic (exact) mass is 258 g/mol. The van der Waals surface area contributed by atoms with Gasteiger partial charge in [-0.25, -0.2) is 4.79 Å². The average molecular weight is 259 g/mol. The lowest BCUT2D eigenvalue weighted by molar-refractivity contribution is -0.134. The summed E-state index contributed by atoms with van der Waals surface area (Å²) >= 11 is 12.0. The number of carbonyl (C=O) groups excluding carboxylic acids is 1. The van der Waals surface area contributed by atoms with Crippen LogP contribution in [0.2, 0.25) is 10.0 Å². The zero-order valence-electron chi connectivity index (χ0n) is 8.42. The van der Waals surface area contributed by atoms with E-state index in [2.05, 4.69) is 0 Å². The first-order chi connectivity index (χ1) is 7.65. The van der Waals surface area contributed by atoms with Crippen molar-refractivity contribution in [3.8, 4) is 0 Å². The van der Waals surface area contributed by atoms with E-state index in [4.69, 9.17) is 32.7 Å². The van der Waals surface area contributed by atoms with Crippen LogP contribution in [0.1, 0.15) is 5.56 Å². The van der Waals surface area contributed by atoms with Crippen molar-refractivity contribution in [1.82, 2.24) is 0 Å². The maximum Gasteiger partial charge on any atom is 0.342 e. The van der Waals surface area contributed by atoms with Gasteiger partial charge in [0, 0.05) is 5.56 Å². The summed E-state index contributed by atoms with van der Waals surface area (Å²) in [6, 6.07) is 5.03. The minimum absolute atomic E-state index is 0.117. The Morgan fingerprint density at radius 2 is 1.94 bits per heavy atom. The molecule has 84 valence electrons. The molecule has 3 nitrogen and oxygen atoms in total. The van der Waals surface area contributed by atoms with Gasteiger partial charge in [-0.05, 0) is 12.1 Å². The summed E-state index contributed by atoms with van der Waals surface area (Å²) in [5.41, 5.74) is 0.767. The molecule has 0 spiro atoms. The second kappa shape index (κ2) is 4.36. The minimum atomic E-state index is -0.466. The van der Waals surface area contributed by atoms with Gasteiger partial charge in [-0.1, -0.05) is 29.3 Å². The molecule has 0 aromatic heterocycles. The number of cyclic esters (lactones) is 1. The second-order valence-electron chi connectivity index (χ2n) is 3.18. The van der Waals surface area contributed by atoms with Crippen molar-refractivity contribution >= 4 is 34.7 Å². The third kappa shape index (κ3) is 1.77. The summed E-state index contributed by atoms with van der Waals surface area (Å²) in [7, 11) is 1.47. The van der Waals surface area contributed by atoms with Gasteiger partial charge >= 0.3 is 5.97 Å². The summed E-state index contributed by atoms with van der Waals surface area (Å²) in [5, 5.41) is 0.798. The van der Waals surface area contributed by atoms with Gasteiger partial charge in [0.25, 0.3) is 0 Å². The maximum atomic E-state index is 11.6. The largest absolute Gasteiger partial charge is 0.497 e. The van der Waals surface area contributed by atoms with Crippen LogP contribution >= 0.6 is 23.2 Å². The first kappa shape index (κ1) is 11.3. The van der Waals surface area contributed by atoms with Crippen LogP contribution in [-0.2, 0) is 14.3 Å². The highest BCUT2D eigenvalue weighted by Gasteiger charge is 2.30. The standard InChI is InChI=1S/C11H8Cl2O3/c1-15-8-5-16-11(14)10(8)9-6(12)3-2-4-7(9)13/h2-4H,5H2,1H3. The molecule has 1 aromatic rings. The zero-order valence-corrected chi connectivity index (χ0v) is 9.93. The highest BCUT2D eigenvalue weighted by Crippen LogP contribution is 2.36. The van der Waals surface area contributed by atoms with Gasteiger partial charge in [0.05, 0.1) is 17.2 Å². The normalized spacial score (nSPS) is 15.3. The Hall–Kier alpha value is -1.19. The van der Waals surface area contributed by atoms with E-state index in [1.54, 1.807) is 18.2 Å². The van der Waals surface area contributed by atoms with Crippen LogP contribution in [0.5, 0.6) is 0 Å². The van der Waals surface area contributed by atoms with Crippen LogP contribution in [-0.4, -0.2) is 19.7 Å². The average Bonchev–Trinajstić information content (AvgIpc) is 2.60. The molecule has 2 rings (SSSR count). The van der Waals surface area contributed by atoms with Crippen molar-refractivity contribution < 1.29 is 14.3 Å². The molecule has 1 aliphatic heterocycles. The number of halogens is 2. The lowest BCUT2D eigenvalue weighted by atomic mass is 10.1. The summed E-state index contributed by atoms with van der Waals surface area (Å²) in [4.78, 5) is 11.6. The molecule has 1 aliphatic rings. The Kier molecular flexibility index (Phi) is 3.08.